The van der Waals surface area contributed by atoms with Gasteiger partial charge in [-0.3, -0.25) is 14.6 Å². The molecule has 1 unspecified atom stereocenters. The quantitative estimate of drug-likeness (QED) is 0.835. The number of piperidine rings is 1. The van der Waals surface area contributed by atoms with Gasteiger partial charge in [-0.2, -0.15) is 0 Å². The maximum absolute atomic E-state index is 12.4. The van der Waals surface area contributed by atoms with Crippen molar-refractivity contribution in [3.8, 4) is 0 Å². The third kappa shape index (κ3) is 4.75. The molecule has 0 saturated carbocycles. The summed E-state index contributed by atoms with van der Waals surface area (Å²) in [6.07, 6.45) is 4.76. The topological polar surface area (TPSA) is 91.8 Å². The van der Waals surface area contributed by atoms with Crippen molar-refractivity contribution in [1.82, 2.24) is 20.1 Å². The van der Waals surface area contributed by atoms with Gasteiger partial charge in [0.1, 0.15) is 0 Å². The summed E-state index contributed by atoms with van der Waals surface area (Å²) < 4.78 is 5.02. The lowest BCUT2D eigenvalue weighted by atomic mass is 10.0. The molecule has 0 aromatic carbocycles. The molecule has 1 N–H and O–H groups in total. The highest BCUT2D eigenvalue weighted by atomic mass is 16.6. The fourth-order valence-corrected chi connectivity index (χ4v) is 3.67. The molecule has 2 fully saturated rings. The number of pyridine rings is 1. The zero-order valence-electron chi connectivity index (χ0n) is 15.6. The zero-order valence-corrected chi connectivity index (χ0v) is 15.6. The Balaban J connectivity index is 1.47. The van der Waals surface area contributed by atoms with Crippen molar-refractivity contribution in [2.75, 3.05) is 26.2 Å². The molecule has 27 heavy (non-hydrogen) atoms. The lowest BCUT2D eigenvalue weighted by molar-refractivity contribution is -0.131. The van der Waals surface area contributed by atoms with Crippen LogP contribution in [0.25, 0.3) is 0 Å². The molecular weight excluding hydrogens is 348 g/mol. The number of hydrogen-bond acceptors (Lipinski definition) is 5. The standard InChI is InChI=1S/C19H26N4O4/c1-2-27-19(26)22-9-5-16(6-10-22)23-13-15(11-17(23)24)18(25)21-12-14-3-7-20-8-4-14/h3-4,7-8,15-16H,2,5-6,9-13H2,1H3,(H,21,25). The number of aromatic nitrogens is 1. The van der Waals surface area contributed by atoms with Gasteiger partial charge in [0.05, 0.1) is 12.5 Å². The monoisotopic (exact) mass is 374 g/mol. The molecule has 1 atom stereocenters. The summed E-state index contributed by atoms with van der Waals surface area (Å²) in [6.45, 7) is 4.18. The van der Waals surface area contributed by atoms with E-state index in [9.17, 15) is 14.4 Å². The highest BCUT2D eigenvalue weighted by molar-refractivity contribution is 5.89. The van der Waals surface area contributed by atoms with E-state index in [1.54, 1.807) is 24.2 Å². The van der Waals surface area contributed by atoms with Gasteiger partial charge in [-0.25, -0.2) is 4.79 Å². The third-order valence-electron chi connectivity index (χ3n) is 5.18. The van der Waals surface area contributed by atoms with Gasteiger partial charge >= 0.3 is 6.09 Å². The van der Waals surface area contributed by atoms with Gasteiger partial charge in [-0.05, 0) is 37.5 Å². The normalized spacial score (nSPS) is 20.6. The van der Waals surface area contributed by atoms with Crippen LogP contribution in [0.2, 0.25) is 0 Å². The first kappa shape index (κ1) is 19.1. The highest BCUT2D eigenvalue weighted by Crippen LogP contribution is 2.26. The lowest BCUT2D eigenvalue weighted by Gasteiger charge is -2.36. The molecule has 2 aliphatic heterocycles. The number of hydrogen-bond donors (Lipinski definition) is 1. The van der Waals surface area contributed by atoms with E-state index in [0.29, 0.717) is 32.8 Å². The molecule has 3 amide bonds. The Morgan fingerprint density at radius 3 is 2.63 bits per heavy atom. The molecule has 0 spiro atoms. The van der Waals surface area contributed by atoms with E-state index < -0.39 is 0 Å². The number of likely N-dealkylation sites (tertiary alicyclic amines) is 2. The number of ether oxygens (including phenoxy) is 1. The van der Waals surface area contributed by atoms with E-state index in [-0.39, 0.29) is 36.3 Å². The van der Waals surface area contributed by atoms with E-state index in [1.807, 2.05) is 17.0 Å². The number of rotatable bonds is 5. The Morgan fingerprint density at radius 1 is 1.26 bits per heavy atom. The molecule has 0 aliphatic carbocycles. The predicted molar refractivity (Wildman–Crippen MR) is 97.5 cm³/mol. The average Bonchev–Trinajstić information content (AvgIpc) is 3.09. The van der Waals surface area contributed by atoms with E-state index in [1.165, 1.54) is 0 Å². The number of nitrogens with one attached hydrogen (secondary N) is 1. The van der Waals surface area contributed by atoms with Gasteiger partial charge < -0.3 is 19.9 Å². The fraction of sp³-hybridized carbons (Fsp3) is 0.579. The maximum Gasteiger partial charge on any atom is 0.409 e. The fourth-order valence-electron chi connectivity index (χ4n) is 3.67. The van der Waals surface area contributed by atoms with Crippen LogP contribution in [-0.4, -0.2) is 65.0 Å². The summed E-state index contributed by atoms with van der Waals surface area (Å²) in [7, 11) is 0. The van der Waals surface area contributed by atoms with Crippen LogP contribution in [0, 0.1) is 5.92 Å². The Bertz CT molecular complexity index is 674. The number of carbonyl (C=O) groups excluding carboxylic acids is 3. The Labute approximate surface area is 158 Å². The van der Waals surface area contributed by atoms with Gasteiger partial charge in [-0.1, -0.05) is 0 Å². The maximum atomic E-state index is 12.4. The second kappa shape index (κ2) is 8.83. The van der Waals surface area contributed by atoms with Gasteiger partial charge in [-0.15, -0.1) is 0 Å². The summed E-state index contributed by atoms with van der Waals surface area (Å²) in [5.41, 5.74) is 0.978. The van der Waals surface area contributed by atoms with Gasteiger partial charge in [0, 0.05) is 51.0 Å². The first-order valence-corrected chi connectivity index (χ1v) is 9.46. The molecule has 8 nitrogen and oxygen atoms in total. The summed E-state index contributed by atoms with van der Waals surface area (Å²) >= 11 is 0. The van der Waals surface area contributed by atoms with Crippen molar-refractivity contribution in [2.24, 2.45) is 5.92 Å². The molecule has 1 aromatic rings. The molecule has 2 saturated heterocycles. The molecule has 8 heteroatoms. The van der Waals surface area contributed by atoms with Crippen LogP contribution in [0.4, 0.5) is 4.79 Å². The highest BCUT2D eigenvalue weighted by Gasteiger charge is 2.39. The van der Waals surface area contributed by atoms with E-state index in [2.05, 4.69) is 10.3 Å². The minimum Gasteiger partial charge on any atom is -0.450 e. The molecule has 146 valence electrons. The first-order chi connectivity index (χ1) is 13.1. The van der Waals surface area contributed by atoms with Crippen molar-refractivity contribution >= 4 is 17.9 Å². The van der Waals surface area contributed by atoms with Crippen molar-refractivity contribution in [3.63, 3.8) is 0 Å². The first-order valence-electron chi connectivity index (χ1n) is 9.46. The molecule has 0 radical (unpaired) electrons. The molecule has 2 aliphatic rings. The van der Waals surface area contributed by atoms with Gasteiger partial charge in [0.2, 0.25) is 11.8 Å². The Morgan fingerprint density at radius 2 is 1.96 bits per heavy atom. The smallest absolute Gasteiger partial charge is 0.409 e. The van der Waals surface area contributed by atoms with E-state index >= 15 is 0 Å². The Hall–Kier alpha value is -2.64. The minimum absolute atomic E-state index is 0.0219. The van der Waals surface area contributed by atoms with E-state index in [4.69, 9.17) is 4.74 Å². The minimum atomic E-state index is -0.317. The molecule has 0 bridgehead atoms. The lowest BCUT2D eigenvalue weighted by Crippen LogP contribution is -2.47. The SMILES string of the molecule is CCOC(=O)N1CCC(N2CC(C(=O)NCc3ccncc3)CC2=O)CC1. The average molecular weight is 374 g/mol. The molecule has 1 aromatic heterocycles. The molecule has 3 rings (SSSR count). The van der Waals surface area contributed by atoms with Crippen LogP contribution in [-0.2, 0) is 20.9 Å². The zero-order chi connectivity index (χ0) is 19.2. The van der Waals surface area contributed by atoms with Crippen LogP contribution in [0.15, 0.2) is 24.5 Å². The number of amides is 3. The van der Waals surface area contributed by atoms with Crippen molar-refractivity contribution in [1.29, 1.82) is 0 Å². The van der Waals surface area contributed by atoms with Crippen molar-refractivity contribution < 1.29 is 19.1 Å². The van der Waals surface area contributed by atoms with Crippen LogP contribution in [0.5, 0.6) is 0 Å². The second-order valence-electron chi connectivity index (χ2n) is 6.94. The number of carbonyl (C=O) groups is 3. The third-order valence-corrected chi connectivity index (χ3v) is 5.18. The second-order valence-corrected chi connectivity index (χ2v) is 6.94. The Kier molecular flexibility index (Phi) is 6.26. The summed E-state index contributed by atoms with van der Waals surface area (Å²) in [5, 5.41) is 2.91. The summed E-state index contributed by atoms with van der Waals surface area (Å²) in [5.74, 6) is -0.386. The van der Waals surface area contributed by atoms with Crippen LogP contribution in [0.1, 0.15) is 31.7 Å². The molecule has 3 heterocycles. The van der Waals surface area contributed by atoms with Crippen LogP contribution in [0.3, 0.4) is 0 Å². The van der Waals surface area contributed by atoms with Gasteiger partial charge in [0.15, 0.2) is 0 Å². The van der Waals surface area contributed by atoms with Crippen LogP contribution >= 0.6 is 0 Å². The molecular formula is C19H26N4O4. The largest absolute Gasteiger partial charge is 0.450 e. The predicted octanol–water partition coefficient (Wildman–Crippen LogP) is 1.17. The van der Waals surface area contributed by atoms with Crippen LogP contribution < -0.4 is 5.32 Å². The summed E-state index contributed by atoms with van der Waals surface area (Å²) in [4.78, 5) is 44.1. The van der Waals surface area contributed by atoms with Crippen molar-refractivity contribution in [3.05, 3.63) is 30.1 Å². The number of nitrogens with zero attached hydrogens (tertiary/aromatic N) is 3. The summed E-state index contributed by atoms with van der Waals surface area (Å²) in [6, 6.07) is 3.79. The van der Waals surface area contributed by atoms with Gasteiger partial charge in [0.25, 0.3) is 0 Å². The van der Waals surface area contributed by atoms with Crippen molar-refractivity contribution in [2.45, 2.75) is 38.8 Å². The van der Waals surface area contributed by atoms with E-state index in [0.717, 1.165) is 18.4 Å².